The Hall–Kier alpha value is -2.62. The first-order valence-corrected chi connectivity index (χ1v) is 13.4. The van der Waals surface area contributed by atoms with Crippen LogP contribution >= 0.6 is 0 Å². The largest absolute Gasteiger partial charge is 0.497 e. The molecule has 1 fully saturated rings. The molecule has 2 aromatic rings. The van der Waals surface area contributed by atoms with Gasteiger partial charge < -0.3 is 19.5 Å². The molecule has 0 unspecified atom stereocenters. The van der Waals surface area contributed by atoms with Gasteiger partial charge >= 0.3 is 0 Å². The Morgan fingerprint density at radius 3 is 2.34 bits per heavy atom. The van der Waals surface area contributed by atoms with Crippen LogP contribution in [0.2, 0.25) is 0 Å². The van der Waals surface area contributed by atoms with Gasteiger partial charge in [0.25, 0.3) is 0 Å². The Morgan fingerprint density at radius 2 is 1.74 bits per heavy atom. The normalized spacial score (nSPS) is 15.6. The number of nitrogens with one attached hydrogen (secondary N) is 1. The summed E-state index contributed by atoms with van der Waals surface area (Å²) in [7, 11) is -0.473. The summed E-state index contributed by atoms with van der Waals surface area (Å²) < 4.78 is 43.5. The fourth-order valence-electron chi connectivity index (χ4n) is 4.15. The number of hydrogen-bond donors (Lipinski definition) is 1. The highest BCUT2D eigenvalue weighted by atomic mass is 32.2. The molecule has 192 valence electrons. The average molecular weight is 505 g/mol. The molecule has 3 rings (SSSR count). The van der Waals surface area contributed by atoms with E-state index in [1.54, 1.807) is 25.3 Å². The Morgan fingerprint density at radius 1 is 1.06 bits per heavy atom. The number of sulfonamides is 1. The minimum Gasteiger partial charge on any atom is -0.497 e. The molecular formula is C26H36N2O6S. The lowest BCUT2D eigenvalue weighted by Gasteiger charge is -2.26. The van der Waals surface area contributed by atoms with Crippen LogP contribution in [0.15, 0.2) is 47.4 Å². The maximum absolute atomic E-state index is 13.1. The molecule has 1 aliphatic rings. The molecule has 1 N–H and O–H groups in total. The van der Waals surface area contributed by atoms with Gasteiger partial charge in [-0.2, -0.15) is 4.31 Å². The Labute approximate surface area is 208 Å². The maximum atomic E-state index is 13.1. The second kappa shape index (κ2) is 12.4. The van der Waals surface area contributed by atoms with E-state index in [-0.39, 0.29) is 23.3 Å². The van der Waals surface area contributed by atoms with Gasteiger partial charge in [-0.3, -0.25) is 4.79 Å². The van der Waals surface area contributed by atoms with Gasteiger partial charge in [-0.05, 0) is 60.2 Å². The smallest absolute Gasteiger partial charge is 0.243 e. The zero-order valence-electron chi connectivity index (χ0n) is 21.0. The van der Waals surface area contributed by atoms with Crippen LogP contribution < -0.4 is 14.8 Å². The monoisotopic (exact) mass is 504 g/mol. The van der Waals surface area contributed by atoms with Crippen LogP contribution in [0.1, 0.15) is 43.9 Å². The van der Waals surface area contributed by atoms with E-state index >= 15 is 0 Å². The van der Waals surface area contributed by atoms with Crippen LogP contribution in [0.25, 0.3) is 0 Å². The summed E-state index contributed by atoms with van der Waals surface area (Å²) in [5.41, 5.74) is 1.70. The summed E-state index contributed by atoms with van der Waals surface area (Å²) >= 11 is 0. The third-order valence-electron chi connectivity index (χ3n) is 6.04. The van der Waals surface area contributed by atoms with E-state index in [4.69, 9.17) is 14.2 Å². The average Bonchev–Trinajstić information content (AvgIpc) is 2.87. The topological polar surface area (TPSA) is 94.2 Å². The second-order valence-electron chi connectivity index (χ2n) is 9.01. The van der Waals surface area contributed by atoms with Crippen molar-refractivity contribution in [1.29, 1.82) is 0 Å². The van der Waals surface area contributed by atoms with Crippen LogP contribution in [0.3, 0.4) is 0 Å². The van der Waals surface area contributed by atoms with Gasteiger partial charge in [-0.15, -0.1) is 0 Å². The van der Waals surface area contributed by atoms with Gasteiger partial charge in [0.1, 0.15) is 11.5 Å². The minimum atomic E-state index is -3.64. The summed E-state index contributed by atoms with van der Waals surface area (Å²) in [6, 6.07) is 12.4. The third kappa shape index (κ3) is 7.19. The molecule has 0 aromatic heterocycles. The molecule has 0 bridgehead atoms. The molecule has 8 nitrogen and oxygen atoms in total. The van der Waals surface area contributed by atoms with Crippen molar-refractivity contribution in [2.45, 2.75) is 44.0 Å². The number of hydrogen-bond acceptors (Lipinski definition) is 6. The quantitative estimate of drug-likeness (QED) is 0.503. The lowest BCUT2D eigenvalue weighted by atomic mass is 9.96. The SMILES string of the molecule is COc1ccc([C@@H](CC(C)C)NC(=O)CCc2cc(S(=O)(=O)N3CCOCC3)ccc2OC)cc1. The van der Waals surface area contributed by atoms with Crippen molar-refractivity contribution in [3.63, 3.8) is 0 Å². The van der Waals surface area contributed by atoms with Crippen molar-refractivity contribution < 1.29 is 27.4 Å². The van der Waals surface area contributed by atoms with Crippen molar-refractivity contribution in [3.05, 3.63) is 53.6 Å². The molecule has 2 aromatic carbocycles. The summed E-state index contributed by atoms with van der Waals surface area (Å²) in [5.74, 6) is 1.62. The number of benzene rings is 2. The predicted octanol–water partition coefficient (Wildman–Crippen LogP) is 3.56. The Bertz CT molecular complexity index is 1080. The predicted molar refractivity (Wildman–Crippen MR) is 134 cm³/mol. The third-order valence-corrected chi connectivity index (χ3v) is 7.94. The second-order valence-corrected chi connectivity index (χ2v) is 11.0. The molecule has 0 aliphatic carbocycles. The van der Waals surface area contributed by atoms with Gasteiger partial charge in [-0.1, -0.05) is 26.0 Å². The van der Waals surface area contributed by atoms with Crippen molar-refractivity contribution in [1.82, 2.24) is 9.62 Å². The number of nitrogens with zero attached hydrogens (tertiary/aromatic N) is 1. The minimum absolute atomic E-state index is 0.102. The van der Waals surface area contributed by atoms with Crippen molar-refractivity contribution in [3.8, 4) is 11.5 Å². The van der Waals surface area contributed by atoms with Gasteiger partial charge in [0, 0.05) is 19.5 Å². The highest BCUT2D eigenvalue weighted by Gasteiger charge is 2.27. The number of methoxy groups -OCH3 is 2. The first-order chi connectivity index (χ1) is 16.7. The van der Waals surface area contributed by atoms with Crippen molar-refractivity contribution in [2.75, 3.05) is 40.5 Å². The Balaban J connectivity index is 1.71. The number of morpholine rings is 1. The standard InChI is InChI=1S/C26H36N2O6S/c1-19(2)17-24(20-5-8-22(32-3)9-6-20)27-26(29)12-7-21-18-23(10-11-25(21)33-4)35(30,31)28-13-15-34-16-14-28/h5-6,8-11,18-19,24H,7,12-17H2,1-4H3,(H,27,29)/t24-/m1/s1. The van der Waals surface area contributed by atoms with Gasteiger partial charge in [0.05, 0.1) is 38.4 Å². The fraction of sp³-hybridized carbons (Fsp3) is 0.500. The zero-order chi connectivity index (χ0) is 25.4. The van der Waals surface area contributed by atoms with E-state index < -0.39 is 10.0 Å². The molecular weight excluding hydrogens is 468 g/mol. The number of aryl methyl sites for hydroxylation is 1. The highest BCUT2D eigenvalue weighted by molar-refractivity contribution is 7.89. The van der Waals surface area contributed by atoms with Crippen LogP contribution in [-0.4, -0.2) is 59.2 Å². The molecule has 9 heteroatoms. The summed E-state index contributed by atoms with van der Waals surface area (Å²) in [5, 5.41) is 3.15. The molecule has 1 heterocycles. The first kappa shape index (κ1) is 27.0. The number of rotatable bonds is 11. The van der Waals surface area contributed by atoms with Crippen LogP contribution in [0, 0.1) is 5.92 Å². The molecule has 1 amide bonds. The summed E-state index contributed by atoms with van der Waals surface area (Å²) in [6.45, 7) is 5.66. The molecule has 1 atom stereocenters. The zero-order valence-corrected chi connectivity index (χ0v) is 21.8. The highest BCUT2D eigenvalue weighted by Crippen LogP contribution is 2.27. The fourth-order valence-corrected chi connectivity index (χ4v) is 5.61. The molecule has 0 saturated carbocycles. The van der Waals surface area contributed by atoms with E-state index in [9.17, 15) is 13.2 Å². The van der Waals surface area contributed by atoms with Crippen molar-refractivity contribution >= 4 is 15.9 Å². The summed E-state index contributed by atoms with van der Waals surface area (Å²) in [6.07, 6.45) is 1.37. The Kier molecular flexibility index (Phi) is 9.54. The van der Waals surface area contributed by atoms with E-state index in [0.717, 1.165) is 17.7 Å². The molecule has 0 radical (unpaired) electrons. The van der Waals surface area contributed by atoms with Gasteiger partial charge in [0.15, 0.2) is 0 Å². The van der Waals surface area contributed by atoms with Crippen LogP contribution in [0.4, 0.5) is 0 Å². The number of amides is 1. The molecule has 1 aliphatic heterocycles. The molecule has 1 saturated heterocycles. The lowest BCUT2D eigenvalue weighted by Crippen LogP contribution is -2.40. The van der Waals surface area contributed by atoms with Crippen molar-refractivity contribution in [2.24, 2.45) is 5.92 Å². The van der Waals surface area contributed by atoms with Gasteiger partial charge in [0.2, 0.25) is 15.9 Å². The van der Waals surface area contributed by atoms with E-state index in [1.165, 1.54) is 11.4 Å². The number of carbonyl (C=O) groups excluding carboxylic acids is 1. The summed E-state index contributed by atoms with van der Waals surface area (Å²) in [4.78, 5) is 13.1. The van der Waals surface area contributed by atoms with E-state index in [0.29, 0.717) is 50.0 Å². The van der Waals surface area contributed by atoms with Crippen LogP contribution in [-0.2, 0) is 26.0 Å². The van der Waals surface area contributed by atoms with Crippen LogP contribution in [0.5, 0.6) is 11.5 Å². The number of ether oxygens (including phenoxy) is 3. The molecule has 0 spiro atoms. The lowest BCUT2D eigenvalue weighted by molar-refractivity contribution is -0.121. The van der Waals surface area contributed by atoms with E-state index in [1.807, 2.05) is 24.3 Å². The maximum Gasteiger partial charge on any atom is 0.243 e. The number of carbonyl (C=O) groups is 1. The molecule has 35 heavy (non-hydrogen) atoms. The first-order valence-electron chi connectivity index (χ1n) is 11.9. The van der Waals surface area contributed by atoms with E-state index in [2.05, 4.69) is 19.2 Å². The van der Waals surface area contributed by atoms with Gasteiger partial charge in [-0.25, -0.2) is 8.42 Å².